The van der Waals surface area contributed by atoms with Gasteiger partial charge in [-0.3, -0.25) is 14.5 Å². The van der Waals surface area contributed by atoms with E-state index >= 15 is 0 Å². The lowest BCUT2D eigenvalue weighted by Crippen LogP contribution is -2.19. The summed E-state index contributed by atoms with van der Waals surface area (Å²) in [7, 11) is 1.58. The molecule has 0 aliphatic carbocycles. The summed E-state index contributed by atoms with van der Waals surface area (Å²) in [6.07, 6.45) is 5.27. The quantitative estimate of drug-likeness (QED) is 0.880. The number of amides is 1. The second-order valence-electron chi connectivity index (χ2n) is 4.44. The van der Waals surface area contributed by atoms with Crippen LogP contribution in [0.15, 0.2) is 30.7 Å². The molecular formula is C13H17N5O. The van der Waals surface area contributed by atoms with E-state index in [2.05, 4.69) is 34.6 Å². The summed E-state index contributed by atoms with van der Waals surface area (Å²) >= 11 is 0. The van der Waals surface area contributed by atoms with Crippen LogP contribution in [0.25, 0.3) is 0 Å². The van der Waals surface area contributed by atoms with Gasteiger partial charge in [-0.05, 0) is 26.0 Å². The molecule has 19 heavy (non-hydrogen) atoms. The fourth-order valence-corrected chi connectivity index (χ4v) is 1.61. The average Bonchev–Trinajstić information content (AvgIpc) is 2.87. The zero-order valence-electron chi connectivity index (χ0n) is 11.2. The highest BCUT2D eigenvalue weighted by Crippen LogP contribution is 2.17. The maximum Gasteiger partial charge on any atom is 0.269 e. The SMILES string of the molecule is CNC(=O)c1cc(Nc2cnn(C(C)C)c2)ccn1. The predicted molar refractivity (Wildman–Crippen MR) is 73.5 cm³/mol. The van der Waals surface area contributed by atoms with Gasteiger partial charge in [0.05, 0.1) is 11.9 Å². The summed E-state index contributed by atoms with van der Waals surface area (Å²) in [6, 6.07) is 3.82. The third kappa shape index (κ3) is 3.09. The Labute approximate surface area is 111 Å². The van der Waals surface area contributed by atoms with Crippen LogP contribution < -0.4 is 10.6 Å². The number of hydrogen-bond donors (Lipinski definition) is 2. The molecule has 6 nitrogen and oxygen atoms in total. The van der Waals surface area contributed by atoms with E-state index in [1.807, 2.05) is 10.9 Å². The van der Waals surface area contributed by atoms with Crippen molar-refractivity contribution < 1.29 is 4.79 Å². The third-order valence-corrected chi connectivity index (χ3v) is 2.64. The number of pyridine rings is 1. The maximum absolute atomic E-state index is 11.5. The fourth-order valence-electron chi connectivity index (χ4n) is 1.61. The van der Waals surface area contributed by atoms with Crippen LogP contribution in [0, 0.1) is 0 Å². The van der Waals surface area contributed by atoms with Crippen LogP contribution >= 0.6 is 0 Å². The summed E-state index contributed by atoms with van der Waals surface area (Å²) in [5.41, 5.74) is 2.06. The molecular weight excluding hydrogens is 242 g/mol. The second kappa shape index (κ2) is 5.51. The first-order valence-corrected chi connectivity index (χ1v) is 6.09. The number of aromatic nitrogens is 3. The van der Waals surface area contributed by atoms with Crippen molar-refractivity contribution in [3.05, 3.63) is 36.4 Å². The molecule has 2 rings (SSSR count). The molecule has 2 aromatic heterocycles. The highest BCUT2D eigenvalue weighted by atomic mass is 16.1. The number of carbonyl (C=O) groups is 1. The highest BCUT2D eigenvalue weighted by molar-refractivity contribution is 5.93. The molecule has 2 N–H and O–H groups in total. The van der Waals surface area contributed by atoms with Crippen molar-refractivity contribution in [2.45, 2.75) is 19.9 Å². The number of carbonyl (C=O) groups excluding carboxylic acids is 1. The minimum atomic E-state index is -0.207. The standard InChI is InChI=1S/C13H17N5O/c1-9(2)18-8-11(7-16-18)17-10-4-5-15-12(6-10)13(19)14-3/h4-9H,1-3H3,(H,14,19)(H,15,17). The van der Waals surface area contributed by atoms with Crippen molar-refractivity contribution >= 4 is 17.3 Å². The minimum absolute atomic E-state index is 0.207. The van der Waals surface area contributed by atoms with E-state index in [-0.39, 0.29) is 5.91 Å². The van der Waals surface area contributed by atoms with Crippen molar-refractivity contribution in [3.8, 4) is 0 Å². The van der Waals surface area contributed by atoms with Crippen LogP contribution in [-0.2, 0) is 0 Å². The molecule has 100 valence electrons. The lowest BCUT2D eigenvalue weighted by molar-refractivity contribution is 0.0958. The normalized spacial score (nSPS) is 10.5. The Bertz CT molecular complexity index is 576. The first-order chi connectivity index (χ1) is 9.10. The molecule has 0 saturated heterocycles. The molecule has 0 saturated carbocycles. The monoisotopic (exact) mass is 259 g/mol. The van der Waals surface area contributed by atoms with Gasteiger partial charge >= 0.3 is 0 Å². The van der Waals surface area contributed by atoms with Gasteiger partial charge in [0, 0.05) is 31.2 Å². The van der Waals surface area contributed by atoms with Crippen molar-refractivity contribution in [3.63, 3.8) is 0 Å². The number of rotatable bonds is 4. The third-order valence-electron chi connectivity index (χ3n) is 2.64. The Balaban J connectivity index is 2.16. The molecule has 0 aliphatic rings. The molecule has 0 fully saturated rings. The lowest BCUT2D eigenvalue weighted by atomic mass is 10.3. The molecule has 0 atom stereocenters. The van der Waals surface area contributed by atoms with Gasteiger partial charge in [0.25, 0.3) is 5.91 Å². The number of nitrogens with one attached hydrogen (secondary N) is 2. The van der Waals surface area contributed by atoms with E-state index in [1.165, 1.54) is 0 Å². The van der Waals surface area contributed by atoms with Crippen molar-refractivity contribution in [2.24, 2.45) is 0 Å². The molecule has 0 unspecified atom stereocenters. The summed E-state index contributed by atoms with van der Waals surface area (Å²) in [5, 5.41) is 9.99. The van der Waals surface area contributed by atoms with Crippen molar-refractivity contribution in [2.75, 3.05) is 12.4 Å². The van der Waals surface area contributed by atoms with E-state index < -0.39 is 0 Å². The van der Waals surface area contributed by atoms with E-state index in [0.29, 0.717) is 11.7 Å². The molecule has 0 bridgehead atoms. The summed E-state index contributed by atoms with van der Waals surface area (Å²) in [4.78, 5) is 15.5. The lowest BCUT2D eigenvalue weighted by Gasteiger charge is -2.06. The Hall–Kier alpha value is -2.37. The average molecular weight is 259 g/mol. The Morgan fingerprint density at radius 1 is 1.37 bits per heavy atom. The fraction of sp³-hybridized carbons (Fsp3) is 0.308. The van der Waals surface area contributed by atoms with Gasteiger partial charge in [0.15, 0.2) is 0 Å². The first kappa shape index (κ1) is 13.1. The van der Waals surface area contributed by atoms with Gasteiger partial charge in [-0.1, -0.05) is 0 Å². The van der Waals surface area contributed by atoms with Gasteiger partial charge in [-0.25, -0.2) is 0 Å². The number of hydrogen-bond acceptors (Lipinski definition) is 4. The largest absolute Gasteiger partial charge is 0.354 e. The van der Waals surface area contributed by atoms with Crippen LogP contribution in [0.2, 0.25) is 0 Å². The zero-order chi connectivity index (χ0) is 13.8. The molecule has 2 heterocycles. The molecule has 1 amide bonds. The number of nitrogens with zero attached hydrogens (tertiary/aromatic N) is 3. The molecule has 0 aromatic carbocycles. The minimum Gasteiger partial charge on any atom is -0.354 e. The molecule has 6 heteroatoms. The topological polar surface area (TPSA) is 71.8 Å². The summed E-state index contributed by atoms with van der Waals surface area (Å²) in [5.74, 6) is -0.207. The Morgan fingerprint density at radius 2 is 2.16 bits per heavy atom. The van der Waals surface area contributed by atoms with Crippen molar-refractivity contribution in [1.82, 2.24) is 20.1 Å². The van der Waals surface area contributed by atoms with Gasteiger partial charge in [-0.15, -0.1) is 0 Å². The van der Waals surface area contributed by atoms with E-state index in [0.717, 1.165) is 11.4 Å². The zero-order valence-corrected chi connectivity index (χ0v) is 11.2. The van der Waals surface area contributed by atoms with Gasteiger partial charge in [0.1, 0.15) is 5.69 Å². The van der Waals surface area contributed by atoms with Crippen molar-refractivity contribution in [1.29, 1.82) is 0 Å². The summed E-state index contributed by atoms with van der Waals surface area (Å²) < 4.78 is 1.86. The first-order valence-electron chi connectivity index (χ1n) is 6.09. The smallest absolute Gasteiger partial charge is 0.269 e. The van der Waals surface area contributed by atoms with Crippen LogP contribution in [0.1, 0.15) is 30.4 Å². The van der Waals surface area contributed by atoms with Crippen LogP contribution in [0.3, 0.4) is 0 Å². The van der Waals surface area contributed by atoms with E-state index in [4.69, 9.17) is 0 Å². The van der Waals surface area contributed by atoms with Gasteiger partial charge < -0.3 is 10.6 Å². The van der Waals surface area contributed by atoms with Gasteiger partial charge in [0.2, 0.25) is 0 Å². The molecule has 0 radical (unpaired) electrons. The molecule has 0 aliphatic heterocycles. The van der Waals surface area contributed by atoms with Crippen LogP contribution in [0.5, 0.6) is 0 Å². The number of anilines is 2. The Kier molecular flexibility index (Phi) is 3.79. The Morgan fingerprint density at radius 3 is 2.79 bits per heavy atom. The van der Waals surface area contributed by atoms with E-state index in [9.17, 15) is 4.79 Å². The summed E-state index contributed by atoms with van der Waals surface area (Å²) in [6.45, 7) is 4.12. The second-order valence-corrected chi connectivity index (χ2v) is 4.44. The maximum atomic E-state index is 11.5. The predicted octanol–water partition coefficient (Wildman–Crippen LogP) is 1.96. The van der Waals surface area contributed by atoms with Crippen LogP contribution in [-0.4, -0.2) is 27.7 Å². The van der Waals surface area contributed by atoms with Crippen LogP contribution in [0.4, 0.5) is 11.4 Å². The molecule has 0 spiro atoms. The van der Waals surface area contributed by atoms with Gasteiger partial charge in [-0.2, -0.15) is 5.10 Å². The highest BCUT2D eigenvalue weighted by Gasteiger charge is 2.06. The van der Waals surface area contributed by atoms with E-state index in [1.54, 1.807) is 31.6 Å². The molecule has 2 aromatic rings.